The average molecular weight is 318 g/mol. The van der Waals surface area contributed by atoms with Gasteiger partial charge in [0.2, 0.25) is 5.91 Å². The van der Waals surface area contributed by atoms with Crippen molar-refractivity contribution in [1.29, 1.82) is 0 Å². The van der Waals surface area contributed by atoms with Gasteiger partial charge in [-0.15, -0.1) is 0 Å². The fraction of sp³-hybridized carbons (Fsp3) is 0.529. The van der Waals surface area contributed by atoms with E-state index in [2.05, 4.69) is 0 Å². The summed E-state index contributed by atoms with van der Waals surface area (Å²) < 4.78 is 5.34. The highest BCUT2D eigenvalue weighted by atomic mass is 16.5. The quantitative estimate of drug-likeness (QED) is 0.916. The molecule has 23 heavy (non-hydrogen) atoms. The van der Waals surface area contributed by atoms with E-state index < -0.39 is 12.0 Å². The Labute approximate surface area is 135 Å². The molecule has 0 spiro atoms. The van der Waals surface area contributed by atoms with E-state index in [1.807, 2.05) is 29.2 Å². The minimum Gasteiger partial charge on any atom is -0.495 e. The number of piperidine rings is 1. The van der Waals surface area contributed by atoms with Crippen LogP contribution in [0.1, 0.15) is 25.7 Å². The fourth-order valence-corrected chi connectivity index (χ4v) is 3.66. The summed E-state index contributed by atoms with van der Waals surface area (Å²) in [6.45, 7) is 1.26. The van der Waals surface area contributed by atoms with E-state index in [0.29, 0.717) is 31.7 Å². The minimum absolute atomic E-state index is 0.0253. The number of benzene rings is 1. The summed E-state index contributed by atoms with van der Waals surface area (Å²) in [5.74, 6) is -0.189. The van der Waals surface area contributed by atoms with Gasteiger partial charge in [0.05, 0.1) is 18.8 Å². The molecule has 6 heteroatoms. The van der Waals surface area contributed by atoms with Crippen LogP contribution in [-0.2, 0) is 9.59 Å². The first-order chi connectivity index (χ1) is 11.1. The Kier molecular flexibility index (Phi) is 4.52. The van der Waals surface area contributed by atoms with Gasteiger partial charge in [-0.3, -0.25) is 14.5 Å². The zero-order valence-corrected chi connectivity index (χ0v) is 13.3. The summed E-state index contributed by atoms with van der Waals surface area (Å²) in [5.41, 5.74) is 0.756. The van der Waals surface area contributed by atoms with Crippen LogP contribution in [0.3, 0.4) is 0 Å². The Hall–Kier alpha value is -2.08. The Morgan fingerprint density at radius 3 is 2.74 bits per heavy atom. The van der Waals surface area contributed by atoms with Crippen molar-refractivity contribution < 1.29 is 19.4 Å². The SMILES string of the molecule is COc1ccccc1N1CC[C@@H](N2CCCC[C@H]2C(=O)O)C1=O. The number of hydrogen-bond acceptors (Lipinski definition) is 4. The number of nitrogens with zero attached hydrogens (tertiary/aromatic N) is 2. The molecule has 2 aliphatic rings. The second kappa shape index (κ2) is 6.58. The third kappa shape index (κ3) is 2.91. The number of likely N-dealkylation sites (tertiary alicyclic amines) is 1. The van der Waals surface area contributed by atoms with E-state index in [9.17, 15) is 14.7 Å². The molecule has 6 nitrogen and oxygen atoms in total. The summed E-state index contributed by atoms with van der Waals surface area (Å²) in [6.07, 6.45) is 3.13. The molecule has 0 aliphatic carbocycles. The number of carboxylic acid groups (broad SMARTS) is 1. The van der Waals surface area contributed by atoms with Crippen molar-refractivity contribution in [2.24, 2.45) is 0 Å². The lowest BCUT2D eigenvalue weighted by molar-refractivity contribution is -0.146. The first-order valence-electron chi connectivity index (χ1n) is 8.06. The summed E-state index contributed by atoms with van der Waals surface area (Å²) in [6, 6.07) is 6.54. The van der Waals surface area contributed by atoms with E-state index >= 15 is 0 Å². The Morgan fingerprint density at radius 2 is 2.00 bits per heavy atom. The van der Waals surface area contributed by atoms with Gasteiger partial charge >= 0.3 is 5.97 Å². The zero-order chi connectivity index (χ0) is 16.4. The highest BCUT2D eigenvalue weighted by Crippen LogP contribution is 2.33. The predicted molar refractivity (Wildman–Crippen MR) is 85.7 cm³/mol. The van der Waals surface area contributed by atoms with E-state index in [1.54, 1.807) is 12.0 Å². The molecule has 124 valence electrons. The van der Waals surface area contributed by atoms with Gasteiger partial charge in [0, 0.05) is 6.54 Å². The second-order valence-corrected chi connectivity index (χ2v) is 6.05. The van der Waals surface area contributed by atoms with Crippen LogP contribution in [0.25, 0.3) is 0 Å². The van der Waals surface area contributed by atoms with Crippen LogP contribution < -0.4 is 9.64 Å². The van der Waals surface area contributed by atoms with Crippen LogP contribution in [-0.4, -0.2) is 54.2 Å². The van der Waals surface area contributed by atoms with Gasteiger partial charge in [-0.2, -0.15) is 0 Å². The number of carbonyl (C=O) groups excluding carboxylic acids is 1. The molecule has 1 aromatic rings. The summed E-state index contributed by atoms with van der Waals surface area (Å²) >= 11 is 0. The van der Waals surface area contributed by atoms with E-state index in [-0.39, 0.29) is 11.9 Å². The molecule has 0 unspecified atom stereocenters. The Balaban J connectivity index is 1.82. The van der Waals surface area contributed by atoms with E-state index in [4.69, 9.17) is 4.74 Å². The molecule has 2 aliphatic heterocycles. The van der Waals surface area contributed by atoms with Gasteiger partial charge in [0.1, 0.15) is 11.8 Å². The van der Waals surface area contributed by atoms with Crippen molar-refractivity contribution in [3.63, 3.8) is 0 Å². The molecule has 2 atom stereocenters. The first-order valence-corrected chi connectivity index (χ1v) is 8.06. The van der Waals surface area contributed by atoms with Crippen LogP contribution in [0.15, 0.2) is 24.3 Å². The van der Waals surface area contributed by atoms with E-state index in [1.165, 1.54) is 0 Å². The average Bonchev–Trinajstić information content (AvgIpc) is 2.96. The lowest BCUT2D eigenvalue weighted by atomic mass is 9.99. The van der Waals surface area contributed by atoms with Crippen molar-refractivity contribution in [3.05, 3.63) is 24.3 Å². The van der Waals surface area contributed by atoms with E-state index in [0.717, 1.165) is 18.5 Å². The van der Waals surface area contributed by atoms with Crippen LogP contribution in [0, 0.1) is 0 Å². The molecule has 0 bridgehead atoms. The molecule has 2 saturated heterocycles. The van der Waals surface area contributed by atoms with Crippen LogP contribution in [0.5, 0.6) is 5.75 Å². The van der Waals surface area contributed by atoms with Gasteiger partial charge in [0.25, 0.3) is 0 Å². The van der Waals surface area contributed by atoms with Gasteiger partial charge in [0.15, 0.2) is 0 Å². The highest BCUT2D eigenvalue weighted by molar-refractivity contribution is 6.00. The highest BCUT2D eigenvalue weighted by Gasteiger charge is 2.42. The molecule has 1 N–H and O–H groups in total. The van der Waals surface area contributed by atoms with Crippen LogP contribution in [0.4, 0.5) is 5.69 Å². The van der Waals surface area contributed by atoms with Crippen molar-refractivity contribution in [1.82, 2.24) is 4.90 Å². The molecule has 3 rings (SSSR count). The van der Waals surface area contributed by atoms with Crippen molar-refractivity contribution in [2.45, 2.75) is 37.8 Å². The van der Waals surface area contributed by atoms with Gasteiger partial charge in [-0.25, -0.2) is 0 Å². The number of aliphatic carboxylic acids is 1. The number of carbonyl (C=O) groups is 2. The maximum absolute atomic E-state index is 12.9. The van der Waals surface area contributed by atoms with Gasteiger partial charge in [-0.05, 0) is 37.9 Å². The molecule has 1 aromatic carbocycles. The number of amides is 1. The molecule has 0 aromatic heterocycles. The lowest BCUT2D eigenvalue weighted by Crippen LogP contribution is -2.52. The largest absolute Gasteiger partial charge is 0.495 e. The number of rotatable bonds is 4. The minimum atomic E-state index is -0.826. The number of hydrogen-bond donors (Lipinski definition) is 1. The fourth-order valence-electron chi connectivity index (χ4n) is 3.66. The molecule has 0 radical (unpaired) electrons. The molecule has 0 saturated carbocycles. The topological polar surface area (TPSA) is 70.1 Å². The molecular formula is C17H22N2O4. The molecule has 1 amide bonds. The normalized spacial score (nSPS) is 25.6. The zero-order valence-electron chi connectivity index (χ0n) is 13.3. The first kappa shape index (κ1) is 15.8. The summed E-state index contributed by atoms with van der Waals surface area (Å²) in [7, 11) is 1.59. The maximum atomic E-state index is 12.9. The van der Waals surface area contributed by atoms with Gasteiger partial charge < -0.3 is 14.7 Å². The Bertz CT molecular complexity index is 604. The smallest absolute Gasteiger partial charge is 0.320 e. The third-order valence-electron chi connectivity index (χ3n) is 4.78. The molecule has 2 heterocycles. The van der Waals surface area contributed by atoms with Crippen LogP contribution >= 0.6 is 0 Å². The van der Waals surface area contributed by atoms with Crippen molar-refractivity contribution >= 4 is 17.6 Å². The monoisotopic (exact) mass is 318 g/mol. The van der Waals surface area contributed by atoms with Crippen molar-refractivity contribution in [2.75, 3.05) is 25.1 Å². The number of methoxy groups -OCH3 is 1. The number of anilines is 1. The number of para-hydroxylation sites is 2. The number of carboxylic acids is 1. The predicted octanol–water partition coefficient (Wildman–Crippen LogP) is 1.74. The summed E-state index contributed by atoms with van der Waals surface area (Å²) in [5, 5.41) is 9.43. The summed E-state index contributed by atoms with van der Waals surface area (Å²) in [4.78, 5) is 28.0. The standard InChI is InChI=1S/C17H22N2O4/c1-23-15-8-3-2-6-12(15)19-11-9-13(16(19)20)18-10-5-4-7-14(18)17(21)22/h2-3,6,8,13-14H,4-5,7,9-11H2,1H3,(H,21,22)/t13-,14+/m1/s1. The third-order valence-corrected chi connectivity index (χ3v) is 4.78. The maximum Gasteiger partial charge on any atom is 0.320 e. The number of ether oxygens (including phenoxy) is 1. The van der Waals surface area contributed by atoms with Crippen LogP contribution in [0.2, 0.25) is 0 Å². The Morgan fingerprint density at radius 1 is 1.22 bits per heavy atom. The molecular weight excluding hydrogens is 296 g/mol. The lowest BCUT2D eigenvalue weighted by Gasteiger charge is -2.36. The molecule has 2 fully saturated rings. The second-order valence-electron chi connectivity index (χ2n) is 6.05. The van der Waals surface area contributed by atoms with Crippen molar-refractivity contribution in [3.8, 4) is 5.75 Å². The van der Waals surface area contributed by atoms with Gasteiger partial charge in [-0.1, -0.05) is 18.6 Å².